The molecule has 82 valence electrons. The lowest BCUT2D eigenvalue weighted by atomic mass is 10.1. The van der Waals surface area contributed by atoms with Crippen molar-refractivity contribution in [2.75, 3.05) is 0 Å². The second-order valence-electron chi connectivity index (χ2n) is 3.30. The van der Waals surface area contributed by atoms with Crippen molar-refractivity contribution in [3.05, 3.63) is 54.2 Å². The van der Waals surface area contributed by atoms with E-state index in [-0.39, 0.29) is 5.78 Å². The monoisotopic (exact) mass is 406 g/mol. The van der Waals surface area contributed by atoms with E-state index in [9.17, 15) is 4.79 Å². The third kappa shape index (κ3) is 2.93. The fourth-order valence-corrected chi connectivity index (χ4v) is 3.19. The van der Waals surface area contributed by atoms with Gasteiger partial charge in [-0.3, -0.25) is 4.79 Å². The highest BCUT2D eigenvalue weighted by atomic mass is 127. The molecule has 0 atom stereocenters. The van der Waals surface area contributed by atoms with Crippen LogP contribution in [0.2, 0.25) is 0 Å². The molecule has 1 aromatic heterocycles. The Morgan fingerprint density at radius 3 is 2.50 bits per heavy atom. The molecule has 1 heterocycles. The first-order chi connectivity index (χ1) is 7.66. The zero-order valence-corrected chi connectivity index (χ0v) is 12.8. The van der Waals surface area contributed by atoms with Gasteiger partial charge in [-0.2, -0.15) is 0 Å². The normalized spacial score (nSPS) is 10.4. The number of rotatable bonds is 3. The molecule has 2 aromatic rings. The maximum Gasteiger partial charge on any atom is 0.168 e. The summed E-state index contributed by atoms with van der Waals surface area (Å²) in [4.78, 5) is 13.0. The summed E-state index contributed by atoms with van der Waals surface area (Å²) in [6.07, 6.45) is 0.471. The lowest BCUT2D eigenvalue weighted by molar-refractivity contribution is 0.0993. The van der Waals surface area contributed by atoms with E-state index >= 15 is 0 Å². The molecular formula is C12H8BrIOS. The van der Waals surface area contributed by atoms with Gasteiger partial charge < -0.3 is 0 Å². The van der Waals surface area contributed by atoms with Crippen molar-refractivity contribution < 1.29 is 4.79 Å². The Morgan fingerprint density at radius 2 is 1.94 bits per heavy atom. The van der Waals surface area contributed by atoms with Crippen molar-refractivity contribution >= 4 is 55.6 Å². The van der Waals surface area contributed by atoms with Crippen molar-refractivity contribution in [2.24, 2.45) is 0 Å². The van der Waals surface area contributed by atoms with E-state index in [1.165, 1.54) is 0 Å². The number of Topliss-reactive ketones (excluding diaryl/α,β-unsaturated/α-hetero) is 1. The van der Waals surface area contributed by atoms with Gasteiger partial charge in [-0.1, -0.05) is 12.1 Å². The van der Waals surface area contributed by atoms with Crippen LogP contribution < -0.4 is 0 Å². The highest BCUT2D eigenvalue weighted by molar-refractivity contribution is 14.1. The van der Waals surface area contributed by atoms with Gasteiger partial charge in [-0.15, -0.1) is 11.3 Å². The minimum absolute atomic E-state index is 0.166. The van der Waals surface area contributed by atoms with Crippen molar-refractivity contribution in [3.8, 4) is 0 Å². The Balaban J connectivity index is 2.15. The zero-order chi connectivity index (χ0) is 11.5. The molecule has 0 aliphatic heterocycles. The lowest BCUT2D eigenvalue weighted by Crippen LogP contribution is -2.02. The minimum Gasteiger partial charge on any atom is -0.294 e. The fraction of sp³-hybridized carbons (Fsp3) is 0.0833. The largest absolute Gasteiger partial charge is 0.294 e. The molecule has 0 saturated carbocycles. The third-order valence-electron chi connectivity index (χ3n) is 2.18. The Labute approximate surface area is 120 Å². The number of carbonyl (C=O) groups is 1. The topological polar surface area (TPSA) is 17.1 Å². The molecular weight excluding hydrogens is 399 g/mol. The molecule has 2 rings (SSSR count). The molecule has 4 heteroatoms. The smallest absolute Gasteiger partial charge is 0.168 e. The third-order valence-corrected chi connectivity index (χ3v) is 4.82. The number of carbonyl (C=O) groups excluding carboxylic acids is 1. The van der Waals surface area contributed by atoms with Gasteiger partial charge in [-0.25, -0.2) is 0 Å². The predicted octanol–water partition coefficient (Wildman–Crippen LogP) is 4.54. The van der Waals surface area contributed by atoms with E-state index in [2.05, 4.69) is 38.5 Å². The summed E-state index contributed by atoms with van der Waals surface area (Å²) in [5.41, 5.74) is 0.778. The van der Waals surface area contributed by atoms with Crippen molar-refractivity contribution in [1.29, 1.82) is 0 Å². The van der Waals surface area contributed by atoms with Crippen LogP contribution in [-0.2, 0) is 6.42 Å². The number of benzene rings is 1. The molecule has 1 nitrogen and oxygen atoms in total. The molecule has 0 aliphatic rings. The van der Waals surface area contributed by atoms with E-state index in [0.29, 0.717) is 6.42 Å². The first kappa shape index (κ1) is 12.3. The van der Waals surface area contributed by atoms with E-state index < -0.39 is 0 Å². The average Bonchev–Trinajstić information content (AvgIpc) is 2.65. The van der Waals surface area contributed by atoms with Gasteiger partial charge in [0.25, 0.3) is 0 Å². The molecule has 0 unspecified atom stereocenters. The van der Waals surface area contributed by atoms with Gasteiger partial charge >= 0.3 is 0 Å². The first-order valence-corrected chi connectivity index (χ1v) is 7.42. The fourth-order valence-electron chi connectivity index (χ4n) is 1.33. The molecule has 0 radical (unpaired) electrons. The van der Waals surface area contributed by atoms with Gasteiger partial charge in [-0.05, 0) is 62.1 Å². The van der Waals surface area contributed by atoms with Crippen molar-refractivity contribution in [1.82, 2.24) is 0 Å². The van der Waals surface area contributed by atoms with Crippen LogP contribution in [-0.4, -0.2) is 5.78 Å². The van der Waals surface area contributed by atoms with Crippen LogP contribution in [0.1, 0.15) is 15.2 Å². The van der Waals surface area contributed by atoms with Gasteiger partial charge in [0.2, 0.25) is 0 Å². The van der Waals surface area contributed by atoms with Crippen molar-refractivity contribution in [2.45, 2.75) is 6.42 Å². The molecule has 0 spiro atoms. The Kier molecular flexibility index (Phi) is 4.16. The van der Waals surface area contributed by atoms with Crippen molar-refractivity contribution in [3.63, 3.8) is 0 Å². The summed E-state index contributed by atoms with van der Waals surface area (Å²) in [6, 6.07) is 9.65. The average molecular weight is 407 g/mol. The molecule has 0 fully saturated rings. The Hall–Kier alpha value is -0.200. The van der Waals surface area contributed by atoms with Crippen LogP contribution in [0.3, 0.4) is 0 Å². The second-order valence-corrected chi connectivity index (χ2v) is 6.40. The van der Waals surface area contributed by atoms with Gasteiger partial charge in [0, 0.05) is 24.9 Å². The SMILES string of the molecule is O=C(Cc1sccc1Br)c1ccc(I)cc1. The van der Waals surface area contributed by atoms with Gasteiger partial charge in [0.05, 0.1) is 0 Å². The molecule has 0 N–H and O–H groups in total. The summed E-state index contributed by atoms with van der Waals surface area (Å²) in [7, 11) is 0. The van der Waals surface area contributed by atoms with Crippen LogP contribution in [0.4, 0.5) is 0 Å². The summed E-state index contributed by atoms with van der Waals surface area (Å²) in [5.74, 6) is 0.166. The number of thiophene rings is 1. The van der Waals surface area contributed by atoms with Crippen LogP contribution in [0.15, 0.2) is 40.2 Å². The predicted molar refractivity (Wildman–Crippen MR) is 79.2 cm³/mol. The van der Waals surface area contributed by atoms with Crippen LogP contribution >= 0.6 is 49.9 Å². The number of hydrogen-bond donors (Lipinski definition) is 0. The molecule has 16 heavy (non-hydrogen) atoms. The van der Waals surface area contributed by atoms with E-state index in [1.807, 2.05) is 35.7 Å². The van der Waals surface area contributed by atoms with Gasteiger partial charge in [0.15, 0.2) is 5.78 Å². The molecule has 0 bridgehead atoms. The second kappa shape index (κ2) is 5.42. The number of halogens is 2. The Bertz CT molecular complexity index is 504. The minimum atomic E-state index is 0.166. The van der Waals surface area contributed by atoms with Crippen LogP contribution in [0.5, 0.6) is 0 Å². The van der Waals surface area contributed by atoms with E-state index in [1.54, 1.807) is 11.3 Å². The van der Waals surface area contributed by atoms with E-state index in [4.69, 9.17) is 0 Å². The quantitative estimate of drug-likeness (QED) is 0.540. The van der Waals surface area contributed by atoms with Gasteiger partial charge in [0.1, 0.15) is 0 Å². The zero-order valence-electron chi connectivity index (χ0n) is 8.24. The first-order valence-electron chi connectivity index (χ1n) is 4.67. The molecule has 0 amide bonds. The highest BCUT2D eigenvalue weighted by Gasteiger charge is 2.10. The van der Waals surface area contributed by atoms with Crippen LogP contribution in [0, 0.1) is 3.57 Å². The summed E-state index contributed by atoms with van der Waals surface area (Å²) >= 11 is 7.27. The standard InChI is InChI=1S/C12H8BrIOS/c13-10-5-6-16-12(10)7-11(15)8-1-3-9(14)4-2-8/h1-6H,7H2. The maximum absolute atomic E-state index is 12.0. The number of ketones is 1. The Morgan fingerprint density at radius 1 is 1.25 bits per heavy atom. The maximum atomic E-state index is 12.0. The lowest BCUT2D eigenvalue weighted by Gasteiger charge is -2.00. The number of hydrogen-bond acceptors (Lipinski definition) is 2. The summed E-state index contributed by atoms with van der Waals surface area (Å²) in [6.45, 7) is 0. The van der Waals surface area contributed by atoms with Crippen LogP contribution in [0.25, 0.3) is 0 Å². The summed E-state index contributed by atoms with van der Waals surface area (Å²) in [5, 5.41) is 1.99. The highest BCUT2D eigenvalue weighted by Crippen LogP contribution is 2.24. The molecule has 0 aliphatic carbocycles. The van der Waals surface area contributed by atoms with E-state index in [0.717, 1.165) is 18.5 Å². The molecule has 1 aromatic carbocycles. The summed E-state index contributed by atoms with van der Waals surface area (Å²) < 4.78 is 2.17. The molecule has 0 saturated heterocycles.